The zero-order valence-electron chi connectivity index (χ0n) is 11.6. The van der Waals surface area contributed by atoms with E-state index in [1.165, 1.54) is 0 Å². The van der Waals surface area contributed by atoms with Crippen molar-refractivity contribution >= 4 is 23.2 Å². The van der Waals surface area contributed by atoms with Gasteiger partial charge in [0.15, 0.2) is 0 Å². The van der Waals surface area contributed by atoms with Gasteiger partial charge in [0.25, 0.3) is 0 Å². The molecule has 0 aromatic heterocycles. The van der Waals surface area contributed by atoms with Crippen molar-refractivity contribution < 1.29 is 9.53 Å². The van der Waals surface area contributed by atoms with E-state index in [2.05, 4.69) is 5.32 Å². The first-order valence-corrected chi connectivity index (χ1v) is 6.68. The molecule has 0 saturated heterocycles. The molecule has 1 aromatic rings. The molecule has 0 heterocycles. The Hall–Kier alpha value is -1.10. The molecule has 1 unspecified atom stereocenters. The number of hydrogen-bond acceptors (Lipinski definition) is 3. The van der Waals surface area contributed by atoms with Crippen LogP contribution in [0.3, 0.4) is 0 Å². The van der Waals surface area contributed by atoms with Crippen LogP contribution in [0.2, 0.25) is 5.02 Å². The minimum absolute atomic E-state index is 0.0396. The molecule has 4 nitrogen and oxygen atoms in total. The lowest BCUT2D eigenvalue weighted by Crippen LogP contribution is -2.40. The van der Waals surface area contributed by atoms with Gasteiger partial charge >= 0.3 is 0 Å². The maximum atomic E-state index is 12.1. The number of nitrogens with zero attached hydrogens (tertiary/aromatic N) is 1. The standard InChI is InChI=1S/C14H21ClN2O2/c1-11(17(2)8-5-9-19-3)14(18)16-13-7-4-6-12(15)10-13/h4,6-7,10-11H,5,8-9H2,1-3H3,(H,16,18). The van der Waals surface area contributed by atoms with E-state index in [1.54, 1.807) is 19.2 Å². The first-order valence-electron chi connectivity index (χ1n) is 6.30. The van der Waals surface area contributed by atoms with Crippen LogP contribution in [0.5, 0.6) is 0 Å². The normalized spacial score (nSPS) is 12.5. The van der Waals surface area contributed by atoms with Crippen molar-refractivity contribution in [1.29, 1.82) is 0 Å². The summed E-state index contributed by atoms with van der Waals surface area (Å²) in [6.45, 7) is 3.40. The van der Waals surface area contributed by atoms with Gasteiger partial charge in [-0.1, -0.05) is 17.7 Å². The molecule has 19 heavy (non-hydrogen) atoms. The van der Waals surface area contributed by atoms with Gasteiger partial charge in [-0.15, -0.1) is 0 Å². The molecule has 0 aliphatic rings. The van der Waals surface area contributed by atoms with E-state index >= 15 is 0 Å². The molecule has 0 aliphatic carbocycles. The number of ether oxygens (including phenoxy) is 1. The van der Waals surface area contributed by atoms with Crippen LogP contribution in [0.4, 0.5) is 5.69 Å². The van der Waals surface area contributed by atoms with Gasteiger partial charge in [0, 0.05) is 31.0 Å². The van der Waals surface area contributed by atoms with Crippen molar-refractivity contribution in [3.05, 3.63) is 29.3 Å². The lowest BCUT2D eigenvalue weighted by molar-refractivity contribution is -0.120. The third kappa shape index (κ3) is 5.59. The smallest absolute Gasteiger partial charge is 0.241 e. The summed E-state index contributed by atoms with van der Waals surface area (Å²) in [4.78, 5) is 14.1. The average Bonchev–Trinajstić information content (AvgIpc) is 2.38. The number of methoxy groups -OCH3 is 1. The molecule has 0 aliphatic heterocycles. The third-order valence-electron chi connectivity index (χ3n) is 2.99. The lowest BCUT2D eigenvalue weighted by atomic mass is 10.2. The number of hydrogen-bond donors (Lipinski definition) is 1. The number of likely N-dealkylation sites (N-methyl/N-ethyl adjacent to an activating group) is 1. The van der Waals surface area contributed by atoms with E-state index < -0.39 is 0 Å². The fourth-order valence-electron chi connectivity index (χ4n) is 1.67. The number of anilines is 1. The molecule has 1 atom stereocenters. The number of carbonyl (C=O) groups is 1. The van der Waals surface area contributed by atoms with Crippen LogP contribution in [-0.4, -0.2) is 44.2 Å². The lowest BCUT2D eigenvalue weighted by Gasteiger charge is -2.23. The minimum Gasteiger partial charge on any atom is -0.385 e. The Morgan fingerprint density at radius 3 is 2.89 bits per heavy atom. The molecule has 0 spiro atoms. The summed E-state index contributed by atoms with van der Waals surface area (Å²) in [5, 5.41) is 3.47. The first-order chi connectivity index (χ1) is 9.04. The van der Waals surface area contributed by atoms with E-state index in [4.69, 9.17) is 16.3 Å². The molecule has 0 saturated carbocycles. The number of carbonyl (C=O) groups excluding carboxylic acids is 1. The topological polar surface area (TPSA) is 41.6 Å². The Morgan fingerprint density at radius 1 is 1.53 bits per heavy atom. The summed E-state index contributed by atoms with van der Waals surface area (Å²) in [7, 11) is 3.60. The molecular weight excluding hydrogens is 264 g/mol. The van der Waals surface area contributed by atoms with Crippen LogP contribution in [0.25, 0.3) is 0 Å². The highest BCUT2D eigenvalue weighted by Gasteiger charge is 2.17. The van der Waals surface area contributed by atoms with Crippen LogP contribution < -0.4 is 5.32 Å². The van der Waals surface area contributed by atoms with Gasteiger partial charge < -0.3 is 10.1 Å². The van der Waals surface area contributed by atoms with E-state index in [0.29, 0.717) is 11.6 Å². The number of halogens is 1. The predicted octanol–water partition coefficient (Wildman–Crippen LogP) is 2.64. The monoisotopic (exact) mass is 284 g/mol. The van der Waals surface area contributed by atoms with Crippen LogP contribution in [-0.2, 0) is 9.53 Å². The van der Waals surface area contributed by atoms with E-state index in [9.17, 15) is 4.79 Å². The highest BCUT2D eigenvalue weighted by Crippen LogP contribution is 2.15. The summed E-state index contributed by atoms with van der Waals surface area (Å²) in [5.74, 6) is -0.0396. The zero-order chi connectivity index (χ0) is 14.3. The Bertz CT molecular complexity index is 412. The summed E-state index contributed by atoms with van der Waals surface area (Å²) in [5.41, 5.74) is 0.717. The molecule has 106 valence electrons. The van der Waals surface area contributed by atoms with E-state index in [-0.39, 0.29) is 11.9 Å². The Labute approximate surface area is 119 Å². The van der Waals surface area contributed by atoms with Gasteiger partial charge in [-0.25, -0.2) is 0 Å². The van der Waals surface area contributed by atoms with Crippen molar-refractivity contribution in [3.8, 4) is 0 Å². The van der Waals surface area contributed by atoms with Crippen LogP contribution in [0.1, 0.15) is 13.3 Å². The summed E-state index contributed by atoms with van der Waals surface area (Å²) < 4.78 is 5.00. The number of nitrogens with one attached hydrogen (secondary N) is 1. The average molecular weight is 285 g/mol. The fourth-order valence-corrected chi connectivity index (χ4v) is 1.86. The van der Waals surface area contributed by atoms with Crippen LogP contribution >= 0.6 is 11.6 Å². The molecular formula is C14H21ClN2O2. The van der Waals surface area contributed by atoms with Crippen LogP contribution in [0.15, 0.2) is 24.3 Å². The second-order valence-corrected chi connectivity index (χ2v) is 4.94. The van der Waals surface area contributed by atoms with Gasteiger partial charge in [-0.2, -0.15) is 0 Å². The van der Waals surface area contributed by atoms with Crippen LogP contribution in [0, 0.1) is 0 Å². The van der Waals surface area contributed by atoms with Crippen molar-refractivity contribution in [1.82, 2.24) is 4.90 Å². The van der Waals surface area contributed by atoms with Gasteiger partial charge in [-0.05, 0) is 38.6 Å². The number of rotatable bonds is 7. The van der Waals surface area contributed by atoms with Crippen molar-refractivity contribution in [3.63, 3.8) is 0 Å². The molecule has 5 heteroatoms. The molecule has 0 radical (unpaired) electrons. The van der Waals surface area contributed by atoms with Gasteiger partial charge in [-0.3, -0.25) is 9.69 Å². The molecule has 1 rings (SSSR count). The van der Waals surface area contributed by atoms with E-state index in [0.717, 1.165) is 18.7 Å². The Kier molecular flexibility index (Phi) is 6.84. The SMILES string of the molecule is COCCCN(C)C(C)C(=O)Nc1cccc(Cl)c1. The highest BCUT2D eigenvalue weighted by molar-refractivity contribution is 6.30. The molecule has 1 aromatic carbocycles. The van der Waals surface area contributed by atoms with Crippen molar-refractivity contribution in [2.75, 3.05) is 32.6 Å². The highest BCUT2D eigenvalue weighted by atomic mass is 35.5. The predicted molar refractivity (Wildman–Crippen MR) is 78.7 cm³/mol. The second-order valence-electron chi connectivity index (χ2n) is 4.50. The van der Waals surface area contributed by atoms with Crippen molar-refractivity contribution in [2.45, 2.75) is 19.4 Å². The fraction of sp³-hybridized carbons (Fsp3) is 0.500. The third-order valence-corrected chi connectivity index (χ3v) is 3.23. The number of benzene rings is 1. The molecule has 1 amide bonds. The minimum atomic E-state index is -0.198. The maximum absolute atomic E-state index is 12.1. The summed E-state index contributed by atoms with van der Waals surface area (Å²) in [6.07, 6.45) is 0.905. The molecule has 0 bridgehead atoms. The summed E-state index contributed by atoms with van der Waals surface area (Å²) in [6, 6.07) is 6.94. The van der Waals surface area contributed by atoms with E-state index in [1.807, 2.05) is 31.0 Å². The van der Waals surface area contributed by atoms with Gasteiger partial charge in [0.05, 0.1) is 6.04 Å². The number of amides is 1. The Balaban J connectivity index is 2.48. The maximum Gasteiger partial charge on any atom is 0.241 e. The second kappa shape index (κ2) is 8.15. The van der Waals surface area contributed by atoms with Gasteiger partial charge in [0.2, 0.25) is 5.91 Å². The van der Waals surface area contributed by atoms with Gasteiger partial charge in [0.1, 0.15) is 0 Å². The summed E-state index contributed by atoms with van der Waals surface area (Å²) >= 11 is 5.88. The quantitative estimate of drug-likeness (QED) is 0.783. The Morgan fingerprint density at radius 2 is 2.26 bits per heavy atom. The largest absolute Gasteiger partial charge is 0.385 e. The molecule has 0 fully saturated rings. The van der Waals surface area contributed by atoms with Crippen molar-refractivity contribution in [2.24, 2.45) is 0 Å². The molecule has 1 N–H and O–H groups in total. The zero-order valence-corrected chi connectivity index (χ0v) is 12.4. The first kappa shape index (κ1) is 16.0.